The van der Waals surface area contributed by atoms with Crippen LogP contribution in [0.2, 0.25) is 0 Å². The van der Waals surface area contributed by atoms with E-state index in [1.807, 2.05) is 30.3 Å². The number of aromatic nitrogens is 2. The van der Waals surface area contributed by atoms with Gasteiger partial charge < -0.3 is 9.30 Å². The predicted molar refractivity (Wildman–Crippen MR) is 109 cm³/mol. The molecule has 6 nitrogen and oxygen atoms in total. The van der Waals surface area contributed by atoms with Crippen molar-refractivity contribution >= 4 is 32.8 Å². The zero-order chi connectivity index (χ0) is 19.3. The van der Waals surface area contributed by atoms with Crippen LogP contribution in [0.15, 0.2) is 58.6 Å². The number of hydrogen-bond donors (Lipinski definition) is 1. The summed E-state index contributed by atoms with van der Waals surface area (Å²) in [4.78, 5) is 4.72. The fraction of sp³-hybridized carbons (Fsp3) is 0.316. The van der Waals surface area contributed by atoms with Crippen LogP contribution in [0.5, 0.6) is 5.75 Å². The number of rotatable bonds is 9. The van der Waals surface area contributed by atoms with Gasteiger partial charge in [0.25, 0.3) is 0 Å². The van der Waals surface area contributed by atoms with E-state index in [0.717, 1.165) is 41.6 Å². The first-order valence-corrected chi connectivity index (χ1v) is 11.4. The molecule has 0 aliphatic rings. The summed E-state index contributed by atoms with van der Waals surface area (Å²) in [5, 5.41) is 6.10. The quantitative estimate of drug-likeness (QED) is 0.434. The summed E-state index contributed by atoms with van der Waals surface area (Å²) in [6.07, 6.45) is 2.09. The number of benzene rings is 2. The Morgan fingerprint density at radius 1 is 1.19 bits per heavy atom. The Labute approximate surface area is 163 Å². The average molecular weight is 406 g/mol. The Kier molecular flexibility index (Phi) is 6.41. The zero-order valence-electron chi connectivity index (χ0n) is 15.2. The minimum atomic E-state index is -3.74. The summed E-state index contributed by atoms with van der Waals surface area (Å²) in [6, 6.07) is 14.5. The van der Waals surface area contributed by atoms with Crippen molar-refractivity contribution in [1.82, 2.24) is 9.55 Å². The number of thioether (sulfide) groups is 1. The fourth-order valence-corrected chi connectivity index (χ4v) is 4.11. The Hall–Kier alpha value is -2.03. The highest BCUT2D eigenvalue weighted by Crippen LogP contribution is 2.26. The van der Waals surface area contributed by atoms with Crippen molar-refractivity contribution in [2.45, 2.75) is 36.4 Å². The number of fused-ring (bicyclic) bond motifs is 1. The van der Waals surface area contributed by atoms with Crippen LogP contribution in [-0.2, 0) is 16.6 Å². The molecule has 27 heavy (non-hydrogen) atoms. The van der Waals surface area contributed by atoms with Crippen LogP contribution in [0, 0.1) is 0 Å². The SMILES string of the molecule is CCCCn1c(SCCOc2ccccc2)nc2cc(S(N)(=O)=O)ccc21. The van der Waals surface area contributed by atoms with Crippen LogP contribution in [0.3, 0.4) is 0 Å². The number of hydrogen-bond acceptors (Lipinski definition) is 5. The lowest BCUT2D eigenvalue weighted by molar-refractivity contribution is 0.344. The third kappa shape index (κ3) is 5.03. The molecule has 0 aliphatic carbocycles. The van der Waals surface area contributed by atoms with Crippen molar-refractivity contribution in [3.05, 3.63) is 48.5 Å². The third-order valence-corrected chi connectivity index (χ3v) is 5.93. The van der Waals surface area contributed by atoms with E-state index in [2.05, 4.69) is 16.5 Å². The summed E-state index contributed by atoms with van der Waals surface area (Å²) in [7, 11) is -3.74. The molecule has 0 atom stereocenters. The van der Waals surface area contributed by atoms with E-state index in [4.69, 9.17) is 9.88 Å². The molecule has 0 saturated carbocycles. The Morgan fingerprint density at radius 3 is 2.67 bits per heavy atom. The standard InChI is InChI=1S/C19H23N3O3S2/c1-2-3-11-22-18-10-9-16(27(20,23)24)14-17(18)21-19(22)26-13-12-25-15-7-5-4-6-8-15/h4-10,14H,2-3,11-13H2,1H3,(H2,20,23,24). The van der Waals surface area contributed by atoms with Crippen LogP contribution in [0.4, 0.5) is 0 Å². The molecule has 0 spiro atoms. The number of nitrogens with zero attached hydrogens (tertiary/aromatic N) is 2. The second-order valence-corrected chi connectivity index (χ2v) is 8.73. The number of ether oxygens (including phenoxy) is 1. The monoisotopic (exact) mass is 405 g/mol. The number of sulfonamides is 1. The van der Waals surface area contributed by atoms with Gasteiger partial charge in [0, 0.05) is 12.3 Å². The predicted octanol–water partition coefficient (Wildman–Crippen LogP) is 3.65. The lowest BCUT2D eigenvalue weighted by Crippen LogP contribution is -2.11. The first-order valence-electron chi connectivity index (χ1n) is 8.83. The van der Waals surface area contributed by atoms with Crippen LogP contribution in [0.25, 0.3) is 11.0 Å². The maximum absolute atomic E-state index is 11.6. The largest absolute Gasteiger partial charge is 0.493 e. The van der Waals surface area contributed by atoms with Crippen LogP contribution in [0.1, 0.15) is 19.8 Å². The minimum Gasteiger partial charge on any atom is -0.493 e. The molecule has 1 heterocycles. The molecule has 0 aliphatic heterocycles. The molecule has 0 saturated heterocycles. The first-order chi connectivity index (χ1) is 13.0. The number of nitrogens with two attached hydrogens (primary N) is 1. The topological polar surface area (TPSA) is 87.2 Å². The van der Waals surface area contributed by atoms with Gasteiger partial charge >= 0.3 is 0 Å². The van der Waals surface area contributed by atoms with Gasteiger partial charge in [-0.2, -0.15) is 0 Å². The number of aryl methyl sites for hydroxylation is 1. The summed E-state index contributed by atoms with van der Waals surface area (Å²) < 4.78 is 31.1. The number of para-hydroxylation sites is 1. The fourth-order valence-electron chi connectivity index (χ4n) is 2.72. The van der Waals surface area contributed by atoms with Gasteiger partial charge in [-0.15, -0.1) is 0 Å². The van der Waals surface area contributed by atoms with Crippen molar-refractivity contribution in [2.75, 3.05) is 12.4 Å². The van der Waals surface area contributed by atoms with Gasteiger partial charge in [-0.3, -0.25) is 0 Å². The van der Waals surface area contributed by atoms with Crippen LogP contribution >= 0.6 is 11.8 Å². The summed E-state index contributed by atoms with van der Waals surface area (Å²) in [5.41, 5.74) is 1.56. The van der Waals surface area contributed by atoms with Gasteiger partial charge in [0.15, 0.2) is 5.16 Å². The molecular formula is C19H23N3O3S2. The lowest BCUT2D eigenvalue weighted by Gasteiger charge is -2.09. The molecule has 2 N–H and O–H groups in total. The summed E-state index contributed by atoms with van der Waals surface area (Å²) in [6.45, 7) is 3.54. The lowest BCUT2D eigenvalue weighted by atomic mass is 10.3. The molecular weight excluding hydrogens is 382 g/mol. The highest BCUT2D eigenvalue weighted by atomic mass is 32.2. The molecule has 8 heteroatoms. The minimum absolute atomic E-state index is 0.0825. The molecule has 0 fully saturated rings. The van der Waals surface area contributed by atoms with Crippen molar-refractivity contribution in [3.63, 3.8) is 0 Å². The van der Waals surface area contributed by atoms with E-state index in [9.17, 15) is 8.42 Å². The number of unbranched alkanes of at least 4 members (excludes halogenated alkanes) is 1. The van der Waals surface area contributed by atoms with E-state index >= 15 is 0 Å². The molecule has 0 radical (unpaired) electrons. The smallest absolute Gasteiger partial charge is 0.238 e. The van der Waals surface area contributed by atoms with Crippen molar-refractivity contribution < 1.29 is 13.2 Å². The maximum atomic E-state index is 11.6. The number of imidazole rings is 1. The molecule has 144 valence electrons. The molecule has 3 aromatic rings. The number of primary sulfonamides is 1. The van der Waals surface area contributed by atoms with E-state index < -0.39 is 10.0 Å². The third-order valence-electron chi connectivity index (χ3n) is 4.07. The van der Waals surface area contributed by atoms with E-state index in [1.54, 1.807) is 17.8 Å². The van der Waals surface area contributed by atoms with E-state index in [0.29, 0.717) is 12.1 Å². The zero-order valence-corrected chi connectivity index (χ0v) is 16.8. The van der Waals surface area contributed by atoms with Crippen molar-refractivity contribution in [2.24, 2.45) is 5.14 Å². The summed E-state index contributed by atoms with van der Waals surface area (Å²) in [5.74, 6) is 1.59. The molecule has 0 bridgehead atoms. The normalized spacial score (nSPS) is 11.8. The van der Waals surface area contributed by atoms with Crippen LogP contribution < -0.4 is 9.88 Å². The van der Waals surface area contributed by atoms with Crippen molar-refractivity contribution in [1.29, 1.82) is 0 Å². The molecule has 3 rings (SSSR count). The second kappa shape index (κ2) is 8.77. The molecule has 1 aromatic heterocycles. The van der Waals surface area contributed by atoms with Gasteiger partial charge in [-0.05, 0) is 36.8 Å². The van der Waals surface area contributed by atoms with Crippen LogP contribution in [-0.4, -0.2) is 30.3 Å². The van der Waals surface area contributed by atoms with Gasteiger partial charge in [-0.25, -0.2) is 18.5 Å². The molecule has 0 unspecified atom stereocenters. The van der Waals surface area contributed by atoms with Gasteiger partial charge in [0.1, 0.15) is 5.75 Å². The average Bonchev–Trinajstić information content (AvgIpc) is 3.00. The van der Waals surface area contributed by atoms with Gasteiger partial charge in [0.2, 0.25) is 10.0 Å². The first kappa shape index (κ1) is 19.7. The highest BCUT2D eigenvalue weighted by molar-refractivity contribution is 7.99. The summed E-state index contributed by atoms with van der Waals surface area (Å²) >= 11 is 1.60. The molecule has 2 aromatic carbocycles. The van der Waals surface area contributed by atoms with E-state index in [1.165, 1.54) is 12.1 Å². The second-order valence-electron chi connectivity index (χ2n) is 6.11. The molecule has 0 amide bonds. The Balaban J connectivity index is 1.77. The Bertz CT molecular complexity index is 1000. The maximum Gasteiger partial charge on any atom is 0.238 e. The Morgan fingerprint density at radius 2 is 1.96 bits per heavy atom. The van der Waals surface area contributed by atoms with E-state index in [-0.39, 0.29) is 4.90 Å². The van der Waals surface area contributed by atoms with Crippen molar-refractivity contribution in [3.8, 4) is 5.75 Å². The highest BCUT2D eigenvalue weighted by Gasteiger charge is 2.15. The van der Waals surface area contributed by atoms with Gasteiger partial charge in [-0.1, -0.05) is 43.3 Å². The van der Waals surface area contributed by atoms with Gasteiger partial charge in [0.05, 0.1) is 22.5 Å².